The molecule has 0 radical (unpaired) electrons. The Morgan fingerprint density at radius 3 is 1.00 bits per heavy atom. The van der Waals surface area contributed by atoms with Gasteiger partial charge in [-0.1, -0.05) is 13.8 Å². The van der Waals surface area contributed by atoms with E-state index in [1.165, 1.54) is 6.54 Å². The summed E-state index contributed by atoms with van der Waals surface area (Å²) in [5.41, 5.74) is 0. The predicted octanol–water partition coefficient (Wildman–Crippen LogP) is 1.34. The van der Waals surface area contributed by atoms with Gasteiger partial charge in [0.25, 0.3) is 0 Å². The first-order valence-corrected chi connectivity index (χ1v) is 7.62. The molecule has 0 atom stereocenters. The van der Waals surface area contributed by atoms with E-state index in [4.69, 9.17) is 0 Å². The van der Waals surface area contributed by atoms with Crippen LogP contribution < -0.4 is 0 Å². The van der Waals surface area contributed by atoms with Crippen LogP contribution in [0.1, 0.15) is 13.8 Å². The average Bonchev–Trinajstić information content (AvgIpc) is 2.10. The minimum atomic E-state index is 0.768. The Labute approximate surface area is 135 Å². The fraction of sp³-hybridized carbons (Fsp3) is 1.00. The van der Waals surface area contributed by atoms with Crippen LogP contribution >= 0.6 is 0 Å². The van der Waals surface area contributed by atoms with Crippen molar-refractivity contribution in [3.05, 3.63) is 0 Å². The Balaban J connectivity index is -0.000000256. The lowest BCUT2D eigenvalue weighted by Crippen LogP contribution is -2.32. The van der Waals surface area contributed by atoms with Crippen molar-refractivity contribution in [1.82, 2.24) is 24.5 Å². The standard InChI is InChI=1S/C8H20N2.C5H14N2.C3H9N/c1-8(2)6-10(5)7-9(3)4;1-6(2)5-7(3)4;1-4(2)3/h8H,6-7H2,1-5H3;5H2,1-4H3;1-3H3. The molecule has 0 saturated carbocycles. The number of hydrogen-bond acceptors (Lipinski definition) is 5. The Bertz CT molecular complexity index is 172. The van der Waals surface area contributed by atoms with E-state index in [9.17, 15) is 0 Å². The van der Waals surface area contributed by atoms with Gasteiger partial charge in [0.2, 0.25) is 0 Å². The molecule has 0 unspecified atom stereocenters. The Morgan fingerprint density at radius 1 is 0.571 bits per heavy atom. The smallest absolute Gasteiger partial charge is 0.0498 e. The first-order valence-electron chi connectivity index (χ1n) is 7.62. The molecule has 0 aromatic rings. The predicted molar refractivity (Wildman–Crippen MR) is 97.9 cm³/mol. The molecule has 0 aliphatic rings. The summed E-state index contributed by atoms with van der Waals surface area (Å²) in [5, 5.41) is 0. The second kappa shape index (κ2) is 16.2. The fourth-order valence-electron chi connectivity index (χ4n) is 1.73. The van der Waals surface area contributed by atoms with Crippen LogP contribution in [0.3, 0.4) is 0 Å². The minimum absolute atomic E-state index is 0.768. The van der Waals surface area contributed by atoms with Crippen LogP contribution in [-0.2, 0) is 0 Å². The van der Waals surface area contributed by atoms with Gasteiger partial charge in [-0.25, -0.2) is 0 Å². The molecule has 0 N–H and O–H groups in total. The van der Waals surface area contributed by atoms with Gasteiger partial charge in [0.1, 0.15) is 0 Å². The van der Waals surface area contributed by atoms with Gasteiger partial charge in [0, 0.05) is 19.9 Å². The Morgan fingerprint density at radius 2 is 0.857 bits per heavy atom. The molecular weight excluding hydrogens is 262 g/mol. The van der Waals surface area contributed by atoms with Crippen LogP contribution in [0.5, 0.6) is 0 Å². The summed E-state index contributed by atoms with van der Waals surface area (Å²) >= 11 is 0. The van der Waals surface area contributed by atoms with Crippen molar-refractivity contribution in [3.8, 4) is 0 Å². The Kier molecular flexibility index (Phi) is 19.8. The number of hydrogen-bond donors (Lipinski definition) is 0. The molecule has 0 rings (SSSR count). The molecule has 5 nitrogen and oxygen atoms in total. The lowest BCUT2D eigenvalue weighted by atomic mass is 10.2. The zero-order chi connectivity index (χ0) is 17.6. The molecule has 21 heavy (non-hydrogen) atoms. The van der Waals surface area contributed by atoms with Crippen molar-refractivity contribution in [3.63, 3.8) is 0 Å². The highest BCUT2D eigenvalue weighted by molar-refractivity contribution is 4.52. The van der Waals surface area contributed by atoms with Gasteiger partial charge in [-0.15, -0.1) is 0 Å². The van der Waals surface area contributed by atoms with Crippen molar-refractivity contribution in [2.75, 3.05) is 90.4 Å². The molecule has 0 aromatic carbocycles. The van der Waals surface area contributed by atoms with E-state index < -0.39 is 0 Å². The van der Waals surface area contributed by atoms with E-state index in [-0.39, 0.29) is 0 Å². The van der Waals surface area contributed by atoms with Gasteiger partial charge in [0.05, 0.1) is 0 Å². The highest BCUT2D eigenvalue weighted by Crippen LogP contribution is 1.95. The molecule has 0 saturated heterocycles. The van der Waals surface area contributed by atoms with Gasteiger partial charge in [-0.05, 0) is 76.4 Å². The first kappa shape index (κ1) is 25.7. The molecular formula is C16H43N5. The van der Waals surface area contributed by atoms with Crippen molar-refractivity contribution in [2.45, 2.75) is 13.8 Å². The summed E-state index contributed by atoms with van der Waals surface area (Å²) in [4.78, 5) is 10.8. The summed E-state index contributed by atoms with van der Waals surface area (Å²) in [7, 11) is 20.6. The first-order chi connectivity index (χ1) is 9.38. The van der Waals surface area contributed by atoms with Gasteiger partial charge < -0.3 is 4.90 Å². The molecule has 0 aromatic heterocycles. The fourth-order valence-corrected chi connectivity index (χ4v) is 1.73. The molecule has 0 fully saturated rings. The lowest BCUT2D eigenvalue weighted by molar-refractivity contribution is 0.193. The monoisotopic (exact) mass is 305 g/mol. The highest BCUT2D eigenvalue weighted by atomic mass is 15.3. The summed E-state index contributed by atoms with van der Waals surface area (Å²) in [6.45, 7) is 7.74. The van der Waals surface area contributed by atoms with E-state index in [2.05, 4.69) is 82.8 Å². The maximum absolute atomic E-state index is 2.32. The quantitative estimate of drug-likeness (QED) is 0.686. The van der Waals surface area contributed by atoms with Crippen LogP contribution in [0.4, 0.5) is 0 Å². The summed E-state index contributed by atoms with van der Waals surface area (Å²) in [6, 6.07) is 0. The second-order valence-electron chi connectivity index (χ2n) is 7.30. The van der Waals surface area contributed by atoms with E-state index in [0.717, 1.165) is 19.3 Å². The zero-order valence-corrected chi connectivity index (χ0v) is 16.9. The molecule has 0 aliphatic heterocycles. The third-order valence-corrected chi connectivity index (χ3v) is 1.77. The summed E-state index contributed by atoms with van der Waals surface area (Å²) in [6.07, 6.45) is 0. The van der Waals surface area contributed by atoms with E-state index in [1.54, 1.807) is 0 Å². The van der Waals surface area contributed by atoms with Gasteiger partial charge >= 0.3 is 0 Å². The molecule has 0 heterocycles. The second-order valence-corrected chi connectivity index (χ2v) is 7.30. The SMILES string of the molecule is CC(C)CN(C)CN(C)C.CN(C)C.CN(C)CN(C)C. The molecule has 132 valence electrons. The molecule has 0 spiro atoms. The van der Waals surface area contributed by atoms with Crippen LogP contribution in [0.2, 0.25) is 0 Å². The number of rotatable bonds is 6. The third-order valence-electron chi connectivity index (χ3n) is 1.77. The van der Waals surface area contributed by atoms with Gasteiger partial charge in [-0.2, -0.15) is 0 Å². The molecule has 5 heteroatoms. The highest BCUT2D eigenvalue weighted by Gasteiger charge is 2.00. The van der Waals surface area contributed by atoms with E-state index >= 15 is 0 Å². The maximum Gasteiger partial charge on any atom is 0.0498 e. The number of nitrogens with zero attached hydrogens (tertiary/aromatic N) is 5. The van der Waals surface area contributed by atoms with Crippen molar-refractivity contribution >= 4 is 0 Å². The topological polar surface area (TPSA) is 16.2 Å². The summed E-state index contributed by atoms with van der Waals surface area (Å²) < 4.78 is 0. The van der Waals surface area contributed by atoms with Gasteiger partial charge in [0.15, 0.2) is 0 Å². The van der Waals surface area contributed by atoms with Gasteiger partial charge in [-0.3, -0.25) is 19.6 Å². The van der Waals surface area contributed by atoms with Crippen LogP contribution in [0.15, 0.2) is 0 Å². The lowest BCUT2D eigenvalue weighted by Gasteiger charge is -2.22. The van der Waals surface area contributed by atoms with Crippen LogP contribution in [-0.4, -0.2) is 115 Å². The molecule has 0 amide bonds. The van der Waals surface area contributed by atoms with Crippen molar-refractivity contribution < 1.29 is 0 Å². The summed E-state index contributed by atoms with van der Waals surface area (Å²) in [5.74, 6) is 0.768. The van der Waals surface area contributed by atoms with E-state index in [0.29, 0.717) is 0 Å². The van der Waals surface area contributed by atoms with Crippen LogP contribution in [0, 0.1) is 5.92 Å². The van der Waals surface area contributed by atoms with Crippen LogP contribution in [0.25, 0.3) is 0 Å². The normalized spacial score (nSPS) is 11.1. The maximum atomic E-state index is 2.32. The largest absolute Gasteiger partial charge is 0.312 e. The third kappa shape index (κ3) is 45.1. The van der Waals surface area contributed by atoms with Crippen molar-refractivity contribution in [2.24, 2.45) is 5.92 Å². The molecule has 0 bridgehead atoms. The molecule has 0 aliphatic carbocycles. The zero-order valence-electron chi connectivity index (χ0n) is 16.9. The average molecular weight is 306 g/mol. The van der Waals surface area contributed by atoms with Crippen molar-refractivity contribution in [1.29, 1.82) is 0 Å². The Hall–Kier alpha value is -0.200. The minimum Gasteiger partial charge on any atom is -0.312 e. The van der Waals surface area contributed by atoms with E-state index in [1.807, 2.05) is 26.0 Å².